The highest BCUT2D eigenvalue weighted by molar-refractivity contribution is 5.32. The van der Waals surface area contributed by atoms with Crippen LogP contribution in [0.5, 0.6) is 0 Å². The Hall–Kier alpha value is -1.61. The minimum absolute atomic E-state index is 0.653. The van der Waals surface area contributed by atoms with Gasteiger partial charge in [-0.15, -0.1) is 0 Å². The van der Waals surface area contributed by atoms with Crippen LogP contribution in [0.1, 0.15) is 37.8 Å². The van der Waals surface area contributed by atoms with Crippen molar-refractivity contribution in [3.05, 3.63) is 48.5 Å². The summed E-state index contributed by atoms with van der Waals surface area (Å²) < 4.78 is 2.12. The van der Waals surface area contributed by atoms with Gasteiger partial charge in [-0.25, -0.2) is 4.98 Å². The largest absolute Gasteiger partial charge is 0.330 e. The summed E-state index contributed by atoms with van der Waals surface area (Å²) in [4.78, 5) is 4.60. The molecule has 2 aromatic rings. The zero-order chi connectivity index (χ0) is 13.9. The third kappa shape index (κ3) is 2.78. The molecule has 0 amide bonds. The fraction of sp³-hybridized carbons (Fsp3) is 0.471. The van der Waals surface area contributed by atoms with Crippen molar-refractivity contribution in [2.24, 2.45) is 17.6 Å². The predicted octanol–water partition coefficient (Wildman–Crippen LogP) is 3.35. The molecule has 1 aliphatic carbocycles. The molecule has 3 atom stereocenters. The maximum atomic E-state index is 5.80. The minimum atomic E-state index is 0.653. The van der Waals surface area contributed by atoms with Gasteiger partial charge < -0.3 is 10.3 Å². The summed E-state index contributed by atoms with van der Waals surface area (Å²) >= 11 is 0. The van der Waals surface area contributed by atoms with Gasteiger partial charge in [0.15, 0.2) is 0 Å². The van der Waals surface area contributed by atoms with Crippen LogP contribution in [0.4, 0.5) is 0 Å². The summed E-state index contributed by atoms with van der Waals surface area (Å²) in [6, 6.07) is 10.4. The molecule has 106 valence electrons. The standard InChI is InChI=1S/C17H23N3/c1-2-13(10-18)8-14-9-16(14)17-11-20(12-19-17)15-6-4-3-5-7-15/h3-7,11-14,16H,2,8-10,18H2,1H3. The molecule has 0 saturated heterocycles. The molecule has 0 spiro atoms. The van der Waals surface area contributed by atoms with Crippen LogP contribution in [0.3, 0.4) is 0 Å². The van der Waals surface area contributed by atoms with Gasteiger partial charge >= 0.3 is 0 Å². The summed E-state index contributed by atoms with van der Waals surface area (Å²) in [7, 11) is 0. The fourth-order valence-electron chi connectivity index (χ4n) is 3.00. The fourth-order valence-corrected chi connectivity index (χ4v) is 3.00. The lowest BCUT2D eigenvalue weighted by molar-refractivity contribution is 0.447. The zero-order valence-corrected chi connectivity index (χ0v) is 12.1. The SMILES string of the molecule is CCC(CN)CC1CC1c1cn(-c2ccccc2)cn1. The molecule has 1 aromatic carbocycles. The Morgan fingerprint density at radius 2 is 2.15 bits per heavy atom. The second-order valence-electron chi connectivity index (χ2n) is 5.89. The highest BCUT2D eigenvalue weighted by Gasteiger charge is 2.40. The number of para-hydroxylation sites is 1. The molecule has 3 heteroatoms. The van der Waals surface area contributed by atoms with E-state index in [1.807, 2.05) is 12.4 Å². The van der Waals surface area contributed by atoms with Crippen molar-refractivity contribution in [3.63, 3.8) is 0 Å². The second-order valence-corrected chi connectivity index (χ2v) is 5.89. The zero-order valence-electron chi connectivity index (χ0n) is 12.1. The van der Waals surface area contributed by atoms with E-state index >= 15 is 0 Å². The monoisotopic (exact) mass is 269 g/mol. The Bertz CT molecular complexity index is 542. The van der Waals surface area contributed by atoms with Crippen LogP contribution in [0, 0.1) is 11.8 Å². The topological polar surface area (TPSA) is 43.8 Å². The van der Waals surface area contributed by atoms with E-state index in [4.69, 9.17) is 5.73 Å². The first-order valence-corrected chi connectivity index (χ1v) is 7.61. The molecule has 0 aliphatic heterocycles. The third-order valence-electron chi connectivity index (χ3n) is 4.51. The van der Waals surface area contributed by atoms with Crippen LogP contribution >= 0.6 is 0 Å². The number of rotatable bonds is 6. The summed E-state index contributed by atoms with van der Waals surface area (Å²) in [5, 5.41) is 0. The quantitative estimate of drug-likeness (QED) is 0.874. The van der Waals surface area contributed by atoms with Crippen LogP contribution in [0.15, 0.2) is 42.9 Å². The van der Waals surface area contributed by atoms with E-state index in [9.17, 15) is 0 Å². The molecule has 1 saturated carbocycles. The van der Waals surface area contributed by atoms with E-state index in [0.29, 0.717) is 11.8 Å². The highest BCUT2D eigenvalue weighted by atomic mass is 15.0. The van der Waals surface area contributed by atoms with Crippen molar-refractivity contribution in [2.45, 2.75) is 32.1 Å². The van der Waals surface area contributed by atoms with Gasteiger partial charge in [0.25, 0.3) is 0 Å². The molecule has 3 rings (SSSR count). The molecule has 1 fully saturated rings. The van der Waals surface area contributed by atoms with Crippen molar-refractivity contribution < 1.29 is 0 Å². The molecule has 2 N–H and O–H groups in total. The molecule has 3 unspecified atom stereocenters. The molecule has 1 aliphatic rings. The Balaban J connectivity index is 1.65. The Morgan fingerprint density at radius 1 is 1.35 bits per heavy atom. The predicted molar refractivity (Wildman–Crippen MR) is 81.9 cm³/mol. The average molecular weight is 269 g/mol. The summed E-state index contributed by atoms with van der Waals surface area (Å²) in [6.07, 6.45) is 7.85. The van der Waals surface area contributed by atoms with Crippen LogP contribution < -0.4 is 5.73 Å². The Labute approximate surface area is 120 Å². The molecular weight excluding hydrogens is 246 g/mol. The van der Waals surface area contributed by atoms with Gasteiger partial charge in [0, 0.05) is 17.8 Å². The van der Waals surface area contributed by atoms with Crippen molar-refractivity contribution in [2.75, 3.05) is 6.54 Å². The lowest BCUT2D eigenvalue weighted by Gasteiger charge is -2.10. The highest BCUT2D eigenvalue weighted by Crippen LogP contribution is 2.50. The number of benzene rings is 1. The number of hydrogen-bond acceptors (Lipinski definition) is 2. The van der Waals surface area contributed by atoms with Gasteiger partial charge in [0.1, 0.15) is 0 Å². The van der Waals surface area contributed by atoms with Crippen molar-refractivity contribution >= 4 is 0 Å². The van der Waals surface area contributed by atoms with Crippen molar-refractivity contribution in [1.82, 2.24) is 9.55 Å². The molecule has 20 heavy (non-hydrogen) atoms. The van der Waals surface area contributed by atoms with E-state index in [0.717, 1.165) is 12.5 Å². The van der Waals surface area contributed by atoms with Gasteiger partial charge in [-0.3, -0.25) is 0 Å². The van der Waals surface area contributed by atoms with E-state index in [1.165, 1.54) is 30.6 Å². The molecule has 0 radical (unpaired) electrons. The van der Waals surface area contributed by atoms with Crippen molar-refractivity contribution in [3.8, 4) is 5.69 Å². The molecular formula is C17H23N3. The maximum absolute atomic E-state index is 5.80. The van der Waals surface area contributed by atoms with Gasteiger partial charge in [-0.2, -0.15) is 0 Å². The number of nitrogens with two attached hydrogens (primary N) is 1. The maximum Gasteiger partial charge on any atom is 0.0995 e. The average Bonchev–Trinajstić information content (AvgIpc) is 3.09. The molecule has 1 aromatic heterocycles. The van der Waals surface area contributed by atoms with E-state index < -0.39 is 0 Å². The molecule has 1 heterocycles. The van der Waals surface area contributed by atoms with Crippen LogP contribution in [0.2, 0.25) is 0 Å². The summed E-state index contributed by atoms with van der Waals surface area (Å²) in [5.74, 6) is 2.13. The molecule has 3 nitrogen and oxygen atoms in total. The lowest BCUT2D eigenvalue weighted by Crippen LogP contribution is -2.14. The van der Waals surface area contributed by atoms with Crippen molar-refractivity contribution in [1.29, 1.82) is 0 Å². The van der Waals surface area contributed by atoms with Gasteiger partial charge in [0.2, 0.25) is 0 Å². The normalized spacial score (nSPS) is 22.7. The third-order valence-corrected chi connectivity index (χ3v) is 4.51. The second kappa shape index (κ2) is 5.80. The van der Waals surface area contributed by atoms with Crippen LogP contribution in [-0.2, 0) is 0 Å². The van der Waals surface area contributed by atoms with Crippen LogP contribution in [-0.4, -0.2) is 16.1 Å². The number of hydrogen-bond donors (Lipinski definition) is 1. The van der Waals surface area contributed by atoms with E-state index in [2.05, 4.69) is 46.9 Å². The number of imidazole rings is 1. The van der Waals surface area contributed by atoms with E-state index in [1.54, 1.807) is 0 Å². The van der Waals surface area contributed by atoms with E-state index in [-0.39, 0.29) is 0 Å². The number of aromatic nitrogens is 2. The summed E-state index contributed by atoms with van der Waals surface area (Å²) in [6.45, 7) is 3.05. The first-order valence-electron chi connectivity index (χ1n) is 7.61. The minimum Gasteiger partial charge on any atom is -0.330 e. The van der Waals surface area contributed by atoms with Gasteiger partial charge in [-0.05, 0) is 43.4 Å². The summed E-state index contributed by atoms with van der Waals surface area (Å²) in [5.41, 5.74) is 8.22. The molecule has 0 bridgehead atoms. The first-order chi connectivity index (χ1) is 9.81. The Morgan fingerprint density at radius 3 is 2.85 bits per heavy atom. The Kier molecular flexibility index (Phi) is 3.88. The van der Waals surface area contributed by atoms with Crippen LogP contribution in [0.25, 0.3) is 5.69 Å². The van der Waals surface area contributed by atoms with Gasteiger partial charge in [-0.1, -0.05) is 31.5 Å². The van der Waals surface area contributed by atoms with Gasteiger partial charge in [0.05, 0.1) is 12.0 Å². The number of nitrogens with zero attached hydrogens (tertiary/aromatic N) is 2. The first kappa shape index (κ1) is 13.4. The smallest absolute Gasteiger partial charge is 0.0995 e. The lowest BCUT2D eigenvalue weighted by atomic mass is 9.98.